The van der Waals surface area contributed by atoms with Gasteiger partial charge in [-0.2, -0.15) is 0 Å². The molecule has 0 aromatic heterocycles. The van der Waals surface area contributed by atoms with Crippen molar-refractivity contribution in [1.82, 2.24) is 0 Å². The van der Waals surface area contributed by atoms with Crippen molar-refractivity contribution < 1.29 is 38.1 Å². The van der Waals surface area contributed by atoms with Crippen LogP contribution in [-0.4, -0.2) is 52.6 Å². The number of hydrogen-bond acceptors (Lipinski definition) is 7. The van der Waals surface area contributed by atoms with Crippen LogP contribution < -0.4 is 0 Å². The second kappa shape index (κ2) is 8.58. The summed E-state index contributed by atoms with van der Waals surface area (Å²) in [7, 11) is 0. The number of hydrogen-bond donors (Lipinski definition) is 1. The van der Waals surface area contributed by atoms with Crippen molar-refractivity contribution in [2.45, 2.75) is 83.8 Å². The zero-order valence-corrected chi connectivity index (χ0v) is 21.6. The van der Waals surface area contributed by atoms with E-state index in [2.05, 4.69) is 0 Å². The maximum atomic E-state index is 17.3. The molecule has 0 aromatic carbocycles. The minimum atomic E-state index is -2.07. The minimum Gasteiger partial charge on any atom is -0.446 e. The Labute approximate surface area is 210 Å². The Hall–Kier alpha value is -1.93. The maximum absolute atomic E-state index is 17.3. The zero-order chi connectivity index (χ0) is 26.0. The lowest BCUT2D eigenvalue weighted by Gasteiger charge is -2.62. The van der Waals surface area contributed by atoms with Gasteiger partial charge in [0.25, 0.3) is 0 Å². The van der Waals surface area contributed by atoms with Gasteiger partial charge in [0.15, 0.2) is 17.5 Å². The molecule has 0 amide bonds. The standard InChI is InChI=1S/C26H34ClFO7/c1-14(2)34-22(32)35-26(21(31)33-13-27)15(3)10-19-18-7-6-16-11-17(29)8-9-23(16,4)25(18,28)20(30)12-24(19,26)5/h8-9,11,14-15,18-20,30H,6-7,10,12-13H2,1-5H3/t15-,18+,19+,20+,23+,24+,25+,26+/m1/s1. The third-order valence-electron chi connectivity index (χ3n) is 9.25. The average molecular weight is 513 g/mol. The molecule has 194 valence electrons. The van der Waals surface area contributed by atoms with Crippen LogP contribution in [0.1, 0.15) is 60.3 Å². The van der Waals surface area contributed by atoms with Crippen molar-refractivity contribution in [1.29, 1.82) is 0 Å². The van der Waals surface area contributed by atoms with E-state index in [1.165, 1.54) is 12.2 Å². The number of aliphatic hydroxyl groups excluding tert-OH is 1. The molecule has 0 aliphatic heterocycles. The zero-order valence-electron chi connectivity index (χ0n) is 20.8. The number of carbonyl (C=O) groups excluding carboxylic acids is 3. The Bertz CT molecular complexity index is 994. The predicted octanol–water partition coefficient (Wildman–Crippen LogP) is 4.64. The van der Waals surface area contributed by atoms with Crippen molar-refractivity contribution in [3.8, 4) is 0 Å². The Morgan fingerprint density at radius 2 is 1.97 bits per heavy atom. The highest BCUT2D eigenvalue weighted by atomic mass is 35.5. The molecule has 4 rings (SSSR count). The van der Waals surface area contributed by atoms with Gasteiger partial charge in [0.2, 0.25) is 5.60 Å². The van der Waals surface area contributed by atoms with Crippen LogP contribution >= 0.6 is 11.6 Å². The Morgan fingerprint density at radius 1 is 1.29 bits per heavy atom. The van der Waals surface area contributed by atoms with Crippen LogP contribution in [-0.2, 0) is 23.8 Å². The molecule has 4 aliphatic carbocycles. The highest BCUT2D eigenvalue weighted by molar-refractivity contribution is 6.17. The van der Waals surface area contributed by atoms with Gasteiger partial charge in [-0.05, 0) is 64.5 Å². The third kappa shape index (κ3) is 3.42. The van der Waals surface area contributed by atoms with Crippen LogP contribution in [0.25, 0.3) is 0 Å². The van der Waals surface area contributed by atoms with Crippen molar-refractivity contribution in [2.75, 3.05) is 6.07 Å². The summed E-state index contributed by atoms with van der Waals surface area (Å²) in [5, 5.41) is 11.5. The highest BCUT2D eigenvalue weighted by Crippen LogP contribution is 2.71. The van der Waals surface area contributed by atoms with Crippen molar-refractivity contribution in [3.63, 3.8) is 0 Å². The number of rotatable bonds is 4. The smallest absolute Gasteiger partial charge is 0.446 e. The van der Waals surface area contributed by atoms with Gasteiger partial charge in [-0.1, -0.05) is 37.1 Å². The molecule has 0 unspecified atom stereocenters. The number of fused-ring (bicyclic) bond motifs is 5. The first-order valence-corrected chi connectivity index (χ1v) is 12.8. The molecule has 4 aliphatic rings. The van der Waals surface area contributed by atoms with E-state index in [0.717, 1.165) is 0 Å². The fraction of sp³-hybridized carbons (Fsp3) is 0.731. The van der Waals surface area contributed by atoms with Crippen molar-refractivity contribution in [2.24, 2.45) is 28.6 Å². The SMILES string of the molecule is CC(C)OC(=O)O[C@]1(C(=O)OCCl)[C@H](C)C[C@H]2[C@@H]3CCC4=CC(=O)C=C[C@]4(C)[C@@]3(F)[C@@H](O)C[C@@]21C. The lowest BCUT2D eigenvalue weighted by molar-refractivity contribution is -0.230. The number of alkyl halides is 2. The number of halogens is 2. The van der Waals surface area contributed by atoms with Crippen molar-refractivity contribution >= 4 is 29.5 Å². The number of ether oxygens (including phenoxy) is 3. The molecule has 0 saturated heterocycles. The first-order chi connectivity index (χ1) is 16.3. The van der Waals surface area contributed by atoms with E-state index < -0.39 is 70.3 Å². The minimum absolute atomic E-state index is 0.147. The number of aliphatic hydroxyl groups is 1. The summed E-state index contributed by atoms with van der Waals surface area (Å²) in [4.78, 5) is 38.2. The Kier molecular flexibility index (Phi) is 6.41. The summed E-state index contributed by atoms with van der Waals surface area (Å²) in [5.41, 5.74) is -5.51. The Balaban J connectivity index is 1.82. The van der Waals surface area contributed by atoms with Gasteiger partial charge in [0.05, 0.1) is 12.2 Å². The maximum Gasteiger partial charge on any atom is 0.509 e. The topological polar surface area (TPSA) is 99.1 Å². The Morgan fingerprint density at radius 3 is 2.60 bits per heavy atom. The third-order valence-corrected chi connectivity index (χ3v) is 9.36. The van der Waals surface area contributed by atoms with E-state index in [1.54, 1.807) is 40.7 Å². The van der Waals surface area contributed by atoms with E-state index in [9.17, 15) is 19.5 Å². The molecule has 0 spiro atoms. The molecule has 3 saturated carbocycles. The van der Waals surface area contributed by atoms with Gasteiger partial charge in [-0.15, -0.1) is 0 Å². The molecular formula is C26H34ClFO7. The van der Waals surface area contributed by atoms with Crippen LogP contribution in [0.15, 0.2) is 23.8 Å². The molecule has 1 N–H and O–H groups in total. The molecule has 3 fully saturated rings. The van der Waals surface area contributed by atoms with E-state index in [0.29, 0.717) is 24.8 Å². The van der Waals surface area contributed by atoms with E-state index in [1.807, 2.05) is 0 Å². The predicted molar refractivity (Wildman–Crippen MR) is 125 cm³/mol. The fourth-order valence-corrected chi connectivity index (χ4v) is 7.83. The van der Waals surface area contributed by atoms with E-state index in [-0.39, 0.29) is 12.2 Å². The quantitative estimate of drug-likeness (QED) is 0.432. The molecule has 0 aromatic rings. The molecule has 9 heteroatoms. The second-order valence-electron chi connectivity index (χ2n) is 11.2. The summed E-state index contributed by atoms with van der Waals surface area (Å²) in [6, 6.07) is -0.444. The van der Waals surface area contributed by atoms with Crippen LogP contribution in [0.2, 0.25) is 0 Å². The van der Waals surface area contributed by atoms with Crippen molar-refractivity contribution in [3.05, 3.63) is 23.8 Å². The van der Waals surface area contributed by atoms with Gasteiger partial charge >= 0.3 is 12.1 Å². The van der Waals surface area contributed by atoms with Gasteiger partial charge in [-0.25, -0.2) is 14.0 Å². The molecular weight excluding hydrogens is 479 g/mol. The largest absolute Gasteiger partial charge is 0.509 e. The lowest BCUT2D eigenvalue weighted by atomic mass is 9.44. The van der Waals surface area contributed by atoms with E-state index in [4.69, 9.17) is 25.8 Å². The van der Waals surface area contributed by atoms with Gasteiger partial charge < -0.3 is 19.3 Å². The first kappa shape index (κ1) is 26.1. The molecule has 0 heterocycles. The summed E-state index contributed by atoms with van der Waals surface area (Å²) in [6.45, 7) is 8.57. The molecule has 35 heavy (non-hydrogen) atoms. The normalized spacial score (nSPS) is 44.1. The number of allylic oxidation sites excluding steroid dienone is 4. The lowest BCUT2D eigenvalue weighted by Crippen LogP contribution is -2.70. The summed E-state index contributed by atoms with van der Waals surface area (Å²) in [5.74, 6) is -2.62. The van der Waals surface area contributed by atoms with Crippen LogP contribution in [0.3, 0.4) is 0 Å². The fourth-order valence-electron chi connectivity index (χ4n) is 7.73. The second-order valence-corrected chi connectivity index (χ2v) is 11.4. The van der Waals surface area contributed by atoms with E-state index >= 15 is 4.39 Å². The monoisotopic (exact) mass is 512 g/mol. The summed E-state index contributed by atoms with van der Waals surface area (Å²) >= 11 is 5.73. The van der Waals surface area contributed by atoms with Gasteiger partial charge in [-0.3, -0.25) is 4.79 Å². The number of ketones is 1. The molecule has 0 bridgehead atoms. The van der Waals surface area contributed by atoms with Crippen LogP contribution in [0.5, 0.6) is 0 Å². The van der Waals surface area contributed by atoms with Gasteiger partial charge in [0, 0.05) is 22.7 Å². The summed E-state index contributed by atoms with van der Waals surface area (Å²) in [6.07, 6.45) is 2.53. The molecule has 8 atom stereocenters. The highest BCUT2D eigenvalue weighted by Gasteiger charge is 2.78. The summed E-state index contributed by atoms with van der Waals surface area (Å²) < 4.78 is 33.5. The first-order valence-electron chi connectivity index (χ1n) is 12.2. The molecule has 7 nitrogen and oxygen atoms in total. The van der Waals surface area contributed by atoms with Crippen LogP contribution in [0, 0.1) is 28.6 Å². The average Bonchev–Trinajstić information content (AvgIpc) is 2.97. The number of esters is 1. The van der Waals surface area contributed by atoms with Crippen LogP contribution in [0.4, 0.5) is 9.18 Å². The van der Waals surface area contributed by atoms with Gasteiger partial charge in [0.1, 0.15) is 0 Å². The molecule has 0 radical (unpaired) electrons. The number of carbonyl (C=O) groups is 3.